The zero-order valence-corrected chi connectivity index (χ0v) is 11.0. The highest BCUT2D eigenvalue weighted by molar-refractivity contribution is 9.14. The second kappa shape index (κ2) is 18.4. The Hall–Kier alpha value is -0.440. The number of thioether (sulfide) groups is 1. The smallest absolute Gasteiger partial charge is 0.234 e. The van der Waals surface area contributed by atoms with Crippen LogP contribution in [-0.4, -0.2) is 18.3 Å². The van der Waals surface area contributed by atoms with E-state index in [2.05, 4.69) is 40.7 Å². The highest BCUT2D eigenvalue weighted by atomic mass is 79.9. The Kier molecular flexibility index (Phi) is 25.2. The van der Waals surface area contributed by atoms with E-state index in [4.69, 9.17) is 5.73 Å². The SMILES string of the molecule is C#C.C=C(Br)SCNC(=O)CN.CC. The van der Waals surface area contributed by atoms with Crippen molar-refractivity contribution in [1.29, 1.82) is 0 Å². The average molecular weight is 281 g/mol. The van der Waals surface area contributed by atoms with E-state index in [1.807, 2.05) is 13.8 Å². The van der Waals surface area contributed by atoms with E-state index >= 15 is 0 Å². The third-order valence-electron chi connectivity index (χ3n) is 0.684. The van der Waals surface area contributed by atoms with Gasteiger partial charge >= 0.3 is 0 Å². The molecular weight excluding hydrogens is 264 g/mol. The maximum absolute atomic E-state index is 10.5. The van der Waals surface area contributed by atoms with Crippen LogP contribution in [0.2, 0.25) is 0 Å². The van der Waals surface area contributed by atoms with E-state index in [-0.39, 0.29) is 12.5 Å². The minimum absolute atomic E-state index is 0.0370. The fraction of sp³-hybridized carbons (Fsp3) is 0.444. The van der Waals surface area contributed by atoms with Crippen molar-refractivity contribution < 1.29 is 4.79 Å². The molecule has 3 N–H and O–H groups in total. The number of carbonyl (C=O) groups is 1. The Balaban J connectivity index is -0.000000266. The van der Waals surface area contributed by atoms with Gasteiger partial charge in [-0.25, -0.2) is 0 Å². The molecule has 0 atom stereocenters. The number of nitrogens with two attached hydrogens (primary N) is 1. The number of terminal acetylenes is 1. The molecule has 0 fully saturated rings. The minimum Gasteiger partial charge on any atom is -0.346 e. The molecule has 14 heavy (non-hydrogen) atoms. The molecule has 0 saturated carbocycles. The highest BCUT2D eigenvalue weighted by Crippen LogP contribution is 2.17. The van der Waals surface area contributed by atoms with Crippen LogP contribution in [0.15, 0.2) is 10.4 Å². The van der Waals surface area contributed by atoms with Gasteiger partial charge in [-0.2, -0.15) is 0 Å². The standard InChI is InChI=1S/C5H9BrN2OS.C2H6.C2H2/c1-4(6)10-3-8-5(9)2-7;2*1-2/h1-3,7H2,(H,8,9);1-2H3;1-2H. The van der Waals surface area contributed by atoms with Crippen LogP contribution in [-0.2, 0) is 4.79 Å². The molecule has 0 saturated heterocycles. The molecule has 5 heteroatoms. The van der Waals surface area contributed by atoms with Gasteiger partial charge in [-0.3, -0.25) is 4.79 Å². The summed E-state index contributed by atoms with van der Waals surface area (Å²) in [7, 11) is 0. The van der Waals surface area contributed by atoms with Crippen molar-refractivity contribution in [2.45, 2.75) is 13.8 Å². The van der Waals surface area contributed by atoms with Crippen molar-refractivity contribution in [2.24, 2.45) is 5.73 Å². The molecule has 0 aliphatic rings. The first-order valence-corrected chi connectivity index (χ1v) is 5.72. The Labute approximate surface area is 99.0 Å². The van der Waals surface area contributed by atoms with E-state index in [0.717, 1.165) is 3.81 Å². The molecule has 0 aliphatic carbocycles. The molecule has 0 heterocycles. The summed E-state index contributed by atoms with van der Waals surface area (Å²) < 4.78 is 0.796. The Bertz CT molecular complexity index is 171. The number of nitrogens with one attached hydrogen (secondary N) is 1. The van der Waals surface area contributed by atoms with Crippen LogP contribution in [0.4, 0.5) is 0 Å². The van der Waals surface area contributed by atoms with Gasteiger partial charge in [0.05, 0.1) is 12.4 Å². The van der Waals surface area contributed by atoms with Crippen LogP contribution in [0.5, 0.6) is 0 Å². The van der Waals surface area contributed by atoms with Crippen LogP contribution in [0.25, 0.3) is 0 Å². The third kappa shape index (κ3) is 22.6. The summed E-state index contributed by atoms with van der Waals surface area (Å²) in [6.45, 7) is 7.61. The Morgan fingerprint density at radius 2 is 2.00 bits per heavy atom. The first kappa shape index (κ1) is 19.2. The van der Waals surface area contributed by atoms with Gasteiger partial charge in [-0.15, -0.1) is 12.8 Å². The molecule has 0 aromatic carbocycles. The van der Waals surface area contributed by atoms with Gasteiger partial charge in [0.1, 0.15) is 0 Å². The van der Waals surface area contributed by atoms with E-state index in [9.17, 15) is 4.79 Å². The van der Waals surface area contributed by atoms with Gasteiger partial charge in [0, 0.05) is 3.81 Å². The summed E-state index contributed by atoms with van der Waals surface area (Å²) in [5, 5.41) is 2.57. The van der Waals surface area contributed by atoms with Gasteiger partial charge in [0.2, 0.25) is 5.91 Å². The van der Waals surface area contributed by atoms with Crippen LogP contribution in [0.3, 0.4) is 0 Å². The van der Waals surface area contributed by atoms with Crippen molar-refractivity contribution >= 4 is 33.6 Å². The zero-order chi connectivity index (χ0) is 12.0. The fourth-order valence-corrected chi connectivity index (χ4v) is 1.00. The molecule has 0 bridgehead atoms. The Morgan fingerprint density at radius 3 is 2.29 bits per heavy atom. The lowest BCUT2D eigenvalue weighted by Crippen LogP contribution is -2.29. The number of amides is 1. The molecule has 0 spiro atoms. The lowest BCUT2D eigenvalue weighted by Gasteiger charge is -2.00. The average Bonchev–Trinajstić information content (AvgIpc) is 2.23. The van der Waals surface area contributed by atoms with Crippen LogP contribution in [0, 0.1) is 12.8 Å². The molecule has 82 valence electrons. The maximum Gasteiger partial charge on any atom is 0.234 e. The minimum atomic E-state index is -0.152. The van der Waals surface area contributed by atoms with Gasteiger partial charge in [0.25, 0.3) is 0 Å². The topological polar surface area (TPSA) is 55.1 Å². The van der Waals surface area contributed by atoms with Gasteiger partial charge < -0.3 is 11.1 Å². The first-order valence-electron chi connectivity index (χ1n) is 3.94. The number of rotatable bonds is 4. The number of carbonyl (C=O) groups excluding carboxylic acids is 1. The molecule has 0 aromatic rings. The zero-order valence-electron chi connectivity index (χ0n) is 8.55. The lowest BCUT2D eigenvalue weighted by molar-refractivity contribution is -0.119. The largest absolute Gasteiger partial charge is 0.346 e. The van der Waals surface area contributed by atoms with E-state index < -0.39 is 0 Å². The quantitative estimate of drug-likeness (QED) is 0.611. The van der Waals surface area contributed by atoms with Crippen LogP contribution in [0.1, 0.15) is 13.8 Å². The molecule has 0 aliphatic heterocycles. The summed E-state index contributed by atoms with van der Waals surface area (Å²) >= 11 is 4.54. The molecule has 3 nitrogen and oxygen atoms in total. The summed E-state index contributed by atoms with van der Waals surface area (Å²) in [5.74, 6) is 0.362. The fourth-order valence-electron chi connectivity index (χ4n) is 0.267. The molecule has 0 rings (SSSR count). The number of halogens is 1. The van der Waals surface area contributed by atoms with Gasteiger partial charge in [0.15, 0.2) is 0 Å². The van der Waals surface area contributed by atoms with Crippen LogP contribution >= 0.6 is 27.7 Å². The van der Waals surface area contributed by atoms with Crippen LogP contribution < -0.4 is 11.1 Å². The molecule has 0 aromatic heterocycles. The maximum atomic E-state index is 10.5. The number of hydrogen-bond acceptors (Lipinski definition) is 3. The van der Waals surface area contributed by atoms with Gasteiger partial charge in [-0.05, 0) is 15.9 Å². The van der Waals surface area contributed by atoms with Crippen molar-refractivity contribution in [2.75, 3.05) is 12.4 Å². The van der Waals surface area contributed by atoms with E-state index in [1.165, 1.54) is 11.8 Å². The molecule has 1 amide bonds. The highest BCUT2D eigenvalue weighted by Gasteiger charge is 1.94. The second-order valence-corrected chi connectivity index (χ2v) is 4.00. The van der Waals surface area contributed by atoms with Crippen molar-refractivity contribution in [1.82, 2.24) is 5.32 Å². The number of hydrogen-bond donors (Lipinski definition) is 2. The lowest BCUT2D eigenvalue weighted by atomic mass is 10.6. The van der Waals surface area contributed by atoms with E-state index in [1.54, 1.807) is 0 Å². The summed E-state index contributed by atoms with van der Waals surface area (Å²) in [5.41, 5.74) is 5.03. The molecule has 0 radical (unpaired) electrons. The summed E-state index contributed by atoms with van der Waals surface area (Å²) in [4.78, 5) is 10.5. The Morgan fingerprint density at radius 1 is 1.57 bits per heavy atom. The van der Waals surface area contributed by atoms with Gasteiger partial charge in [-0.1, -0.05) is 32.2 Å². The van der Waals surface area contributed by atoms with E-state index in [0.29, 0.717) is 5.88 Å². The van der Waals surface area contributed by atoms with Crippen molar-refractivity contribution in [3.8, 4) is 12.8 Å². The predicted octanol–water partition coefficient (Wildman–Crippen LogP) is 1.89. The predicted molar refractivity (Wildman–Crippen MR) is 69.0 cm³/mol. The monoisotopic (exact) mass is 280 g/mol. The van der Waals surface area contributed by atoms with Crippen molar-refractivity contribution in [3.63, 3.8) is 0 Å². The molecule has 0 unspecified atom stereocenters. The first-order chi connectivity index (χ1) is 6.66. The molecular formula is C9H17BrN2OS. The normalized spacial score (nSPS) is 7.00. The second-order valence-electron chi connectivity index (χ2n) is 1.45. The summed E-state index contributed by atoms with van der Waals surface area (Å²) in [6.07, 6.45) is 8.00. The summed E-state index contributed by atoms with van der Waals surface area (Å²) in [6, 6.07) is 0. The third-order valence-corrected chi connectivity index (χ3v) is 1.97. The van der Waals surface area contributed by atoms with Crippen molar-refractivity contribution in [3.05, 3.63) is 10.4 Å².